The quantitative estimate of drug-likeness (QED) is 0.385. The zero-order chi connectivity index (χ0) is 15.9. The van der Waals surface area contributed by atoms with E-state index in [0.717, 1.165) is 0 Å². The first kappa shape index (κ1) is 15.2. The van der Waals surface area contributed by atoms with Gasteiger partial charge in [0, 0.05) is 18.8 Å². The van der Waals surface area contributed by atoms with Crippen LogP contribution in [0, 0.1) is 0 Å². The summed E-state index contributed by atoms with van der Waals surface area (Å²) in [6.45, 7) is 1.40. The number of rotatable bonds is 4. The Bertz CT molecular complexity index is 696. The summed E-state index contributed by atoms with van der Waals surface area (Å²) in [5.74, 6) is -0.847. The minimum atomic E-state index is -0.659. The molecule has 7 heteroatoms. The van der Waals surface area contributed by atoms with Gasteiger partial charge in [0.1, 0.15) is 5.69 Å². The largest absolute Gasteiger partial charge is 0.379 e. The van der Waals surface area contributed by atoms with Crippen molar-refractivity contribution in [2.24, 2.45) is 10.9 Å². The Kier molecular flexibility index (Phi) is 4.81. The van der Waals surface area contributed by atoms with Crippen molar-refractivity contribution < 1.29 is 14.4 Å². The van der Waals surface area contributed by atoms with E-state index in [-0.39, 0.29) is 17.3 Å². The molecule has 112 valence electrons. The van der Waals surface area contributed by atoms with Crippen LogP contribution in [0.25, 0.3) is 0 Å². The number of anilines is 1. The number of nitrogens with zero attached hydrogens (tertiary/aromatic N) is 2. The summed E-state index contributed by atoms with van der Waals surface area (Å²) in [5.41, 5.74) is 6.94. The third-order valence-electron chi connectivity index (χ3n) is 2.60. The maximum atomic E-state index is 11.8. The lowest BCUT2D eigenvalue weighted by Gasteiger charge is -2.03. The molecule has 22 heavy (non-hydrogen) atoms. The van der Waals surface area contributed by atoms with E-state index in [9.17, 15) is 9.59 Å². The second kappa shape index (κ2) is 6.98. The molecule has 1 aromatic heterocycles. The lowest BCUT2D eigenvalue weighted by atomic mass is 10.2. The zero-order valence-corrected chi connectivity index (χ0v) is 11.8. The average Bonchev–Trinajstić information content (AvgIpc) is 2.53. The van der Waals surface area contributed by atoms with Crippen molar-refractivity contribution in [3.8, 4) is 0 Å². The Morgan fingerprint density at radius 3 is 2.50 bits per heavy atom. The highest BCUT2D eigenvalue weighted by Crippen LogP contribution is 2.10. The van der Waals surface area contributed by atoms with E-state index in [4.69, 9.17) is 10.6 Å². The molecular weight excluding hydrogens is 284 g/mol. The molecule has 0 atom stereocenters. The van der Waals surface area contributed by atoms with Crippen molar-refractivity contribution in [2.75, 3.05) is 5.32 Å². The lowest BCUT2D eigenvalue weighted by molar-refractivity contribution is -0.114. The number of carbonyl (C=O) groups excluding carboxylic acids is 2. The smallest absolute Gasteiger partial charge is 0.365 e. The number of hydrogen-bond donors (Lipinski definition) is 2. The van der Waals surface area contributed by atoms with Crippen LogP contribution in [0.2, 0.25) is 0 Å². The van der Waals surface area contributed by atoms with Gasteiger partial charge < -0.3 is 15.9 Å². The Morgan fingerprint density at radius 1 is 1.18 bits per heavy atom. The fourth-order valence-corrected chi connectivity index (χ4v) is 1.60. The summed E-state index contributed by atoms with van der Waals surface area (Å²) in [6.07, 6.45) is 1.56. The highest BCUT2D eigenvalue weighted by Gasteiger charge is 2.08. The number of pyridine rings is 1. The molecule has 0 unspecified atom stereocenters. The van der Waals surface area contributed by atoms with Crippen molar-refractivity contribution in [2.45, 2.75) is 6.92 Å². The van der Waals surface area contributed by atoms with E-state index in [1.54, 1.807) is 36.5 Å². The molecule has 1 aromatic carbocycles. The summed E-state index contributed by atoms with van der Waals surface area (Å²) in [5, 5.41) is 6.15. The van der Waals surface area contributed by atoms with E-state index < -0.39 is 5.97 Å². The fourth-order valence-electron chi connectivity index (χ4n) is 1.60. The summed E-state index contributed by atoms with van der Waals surface area (Å²) in [4.78, 5) is 31.5. The molecule has 0 bridgehead atoms. The maximum absolute atomic E-state index is 11.8. The van der Waals surface area contributed by atoms with Crippen LogP contribution in [0.3, 0.4) is 0 Å². The standard InChI is InChI=1S/C15H14N4O3/c1-10(20)18-12-7-5-11(6-8-12)15(21)22-19-14(16)13-4-2-3-9-17-13/h2-9H,1H3,(H2,16,19)(H,18,20). The molecule has 0 radical (unpaired) electrons. The number of nitrogens with one attached hydrogen (secondary N) is 1. The van der Waals surface area contributed by atoms with Crippen molar-refractivity contribution in [1.82, 2.24) is 4.98 Å². The molecule has 0 aliphatic rings. The molecule has 3 N–H and O–H groups in total. The predicted octanol–water partition coefficient (Wildman–Crippen LogP) is 1.52. The third kappa shape index (κ3) is 4.14. The summed E-state index contributed by atoms with van der Waals surface area (Å²) in [6, 6.07) is 11.3. The van der Waals surface area contributed by atoms with Gasteiger partial charge >= 0.3 is 5.97 Å². The summed E-state index contributed by atoms with van der Waals surface area (Å²) in [7, 11) is 0. The lowest BCUT2D eigenvalue weighted by Crippen LogP contribution is -2.16. The topological polar surface area (TPSA) is 107 Å². The molecule has 0 saturated heterocycles. The maximum Gasteiger partial charge on any atom is 0.365 e. The molecule has 0 saturated carbocycles. The van der Waals surface area contributed by atoms with Gasteiger partial charge in [0.05, 0.1) is 5.56 Å². The molecular formula is C15H14N4O3. The van der Waals surface area contributed by atoms with E-state index in [2.05, 4.69) is 15.5 Å². The van der Waals surface area contributed by atoms with Crippen LogP contribution in [0.4, 0.5) is 5.69 Å². The number of nitrogens with two attached hydrogens (primary N) is 1. The van der Waals surface area contributed by atoms with Crippen molar-refractivity contribution in [3.05, 3.63) is 59.9 Å². The predicted molar refractivity (Wildman–Crippen MR) is 81.1 cm³/mol. The highest BCUT2D eigenvalue weighted by molar-refractivity contribution is 5.96. The van der Waals surface area contributed by atoms with E-state index >= 15 is 0 Å². The Hall–Kier alpha value is -3.22. The second-order valence-electron chi connectivity index (χ2n) is 4.33. The number of hydrogen-bond acceptors (Lipinski definition) is 5. The van der Waals surface area contributed by atoms with E-state index in [1.165, 1.54) is 19.1 Å². The first-order chi connectivity index (χ1) is 10.6. The van der Waals surface area contributed by atoms with Gasteiger partial charge in [0.2, 0.25) is 5.91 Å². The van der Waals surface area contributed by atoms with Crippen LogP contribution in [0.1, 0.15) is 23.0 Å². The van der Waals surface area contributed by atoms with Crippen LogP contribution in [0.15, 0.2) is 53.8 Å². The average molecular weight is 298 g/mol. The molecule has 0 fully saturated rings. The number of amidine groups is 1. The molecule has 2 rings (SSSR count). The summed E-state index contributed by atoms with van der Waals surface area (Å²) >= 11 is 0. The number of carbonyl (C=O) groups is 2. The molecule has 1 heterocycles. The molecule has 7 nitrogen and oxygen atoms in total. The molecule has 2 aromatic rings. The van der Waals surface area contributed by atoms with Crippen LogP contribution >= 0.6 is 0 Å². The molecule has 1 amide bonds. The number of oxime groups is 1. The zero-order valence-electron chi connectivity index (χ0n) is 11.8. The molecule has 0 aliphatic carbocycles. The Morgan fingerprint density at radius 2 is 1.91 bits per heavy atom. The normalized spacial score (nSPS) is 10.9. The third-order valence-corrected chi connectivity index (χ3v) is 2.60. The van der Waals surface area contributed by atoms with Gasteiger partial charge in [-0.3, -0.25) is 9.78 Å². The van der Waals surface area contributed by atoms with E-state index in [1.807, 2.05) is 0 Å². The SMILES string of the molecule is CC(=O)Nc1ccc(C(=O)ON=C(N)c2ccccn2)cc1. The summed E-state index contributed by atoms with van der Waals surface area (Å²) < 4.78 is 0. The monoisotopic (exact) mass is 298 g/mol. The number of benzene rings is 1. The number of amides is 1. The molecule has 0 spiro atoms. The van der Waals surface area contributed by atoms with Crippen molar-refractivity contribution in [3.63, 3.8) is 0 Å². The van der Waals surface area contributed by atoms with Gasteiger partial charge in [-0.2, -0.15) is 0 Å². The van der Waals surface area contributed by atoms with Crippen LogP contribution in [0.5, 0.6) is 0 Å². The van der Waals surface area contributed by atoms with Crippen molar-refractivity contribution in [1.29, 1.82) is 0 Å². The second-order valence-corrected chi connectivity index (χ2v) is 4.33. The first-order valence-corrected chi connectivity index (χ1v) is 6.40. The Labute approximate surface area is 126 Å². The van der Waals surface area contributed by atoms with Gasteiger partial charge in [0.25, 0.3) is 0 Å². The van der Waals surface area contributed by atoms with Gasteiger partial charge in [-0.05, 0) is 36.4 Å². The fraction of sp³-hybridized carbons (Fsp3) is 0.0667. The first-order valence-electron chi connectivity index (χ1n) is 6.40. The molecule has 0 aliphatic heterocycles. The van der Waals surface area contributed by atoms with Crippen LogP contribution in [-0.4, -0.2) is 22.7 Å². The van der Waals surface area contributed by atoms with Gasteiger partial charge in [-0.15, -0.1) is 0 Å². The van der Waals surface area contributed by atoms with Crippen molar-refractivity contribution >= 4 is 23.4 Å². The van der Waals surface area contributed by atoms with E-state index in [0.29, 0.717) is 11.4 Å². The van der Waals surface area contributed by atoms with Gasteiger partial charge in [-0.1, -0.05) is 11.2 Å². The minimum absolute atomic E-state index is 0.00353. The van der Waals surface area contributed by atoms with Crippen LogP contribution < -0.4 is 11.1 Å². The number of aromatic nitrogens is 1. The van der Waals surface area contributed by atoms with Crippen LogP contribution in [-0.2, 0) is 9.63 Å². The highest BCUT2D eigenvalue weighted by atomic mass is 16.7. The minimum Gasteiger partial charge on any atom is -0.379 e. The Balaban J connectivity index is 2.01. The van der Waals surface area contributed by atoms with Gasteiger partial charge in [-0.25, -0.2) is 4.79 Å². The van der Waals surface area contributed by atoms with Gasteiger partial charge in [0.15, 0.2) is 5.84 Å².